The normalized spacial score (nSPS) is 16.3. The van der Waals surface area contributed by atoms with E-state index >= 15 is 0 Å². The number of ether oxygens (including phenoxy) is 2. The third-order valence-corrected chi connectivity index (χ3v) is 8.23. The van der Waals surface area contributed by atoms with E-state index in [4.69, 9.17) is 9.47 Å². The van der Waals surface area contributed by atoms with E-state index in [1.54, 1.807) is 9.13 Å². The molecule has 0 atom stereocenters. The van der Waals surface area contributed by atoms with Crippen LogP contribution in [0.5, 0.6) is 12.0 Å². The molecule has 49 heavy (non-hydrogen) atoms. The predicted molar refractivity (Wildman–Crippen MR) is 182 cm³/mol. The molecule has 1 fully saturated rings. The van der Waals surface area contributed by atoms with Gasteiger partial charge in [-0.1, -0.05) is 35.8 Å². The first-order valence-electron chi connectivity index (χ1n) is 16.1. The number of rotatable bonds is 8. The zero-order chi connectivity index (χ0) is 35.3. The molecule has 0 saturated heterocycles. The van der Waals surface area contributed by atoms with Gasteiger partial charge in [-0.25, -0.2) is 0 Å². The zero-order valence-electron chi connectivity index (χ0n) is 27.5. The van der Waals surface area contributed by atoms with Gasteiger partial charge in [0.05, 0.1) is 13.1 Å². The monoisotopic (exact) mass is 748 g/mol. The second-order valence-electron chi connectivity index (χ2n) is 11.2. The maximum absolute atomic E-state index is 12.2. The minimum absolute atomic E-state index is 0.0297. The highest BCUT2D eigenvalue weighted by atomic mass is 79.9. The van der Waals surface area contributed by atoms with Crippen molar-refractivity contribution in [2.45, 2.75) is 52.2 Å². The molecule has 19 heteroatoms. The number of carbonyl (C=O) groups excluding carboxylic acids is 2. The van der Waals surface area contributed by atoms with Crippen LogP contribution in [0.2, 0.25) is 0 Å². The van der Waals surface area contributed by atoms with Gasteiger partial charge in [-0.2, -0.15) is 0 Å². The summed E-state index contributed by atoms with van der Waals surface area (Å²) in [6, 6.07) is 8.21. The summed E-state index contributed by atoms with van der Waals surface area (Å²) >= 11 is 3.36. The molecule has 18 nitrogen and oxygen atoms in total. The first-order valence-corrected chi connectivity index (χ1v) is 16.9. The molecular formula is C30H41BrN10O8. The Morgan fingerprint density at radius 2 is 1.39 bits per heavy atom. The van der Waals surface area contributed by atoms with Crippen LogP contribution in [0, 0.1) is 20.2 Å². The second-order valence-corrected chi connectivity index (χ2v) is 12.1. The smallest absolute Gasteiger partial charge is 0.414 e. The zero-order valence-corrected chi connectivity index (χ0v) is 29.0. The Morgan fingerprint density at radius 1 is 0.857 bits per heavy atom. The Hall–Kier alpha value is -4.62. The average Bonchev–Trinajstić information content (AvgIpc) is 3.63. The predicted octanol–water partition coefficient (Wildman–Crippen LogP) is 3.07. The number of fused-ring (bicyclic) bond motifs is 2. The van der Waals surface area contributed by atoms with Crippen molar-refractivity contribution in [2.75, 3.05) is 57.8 Å². The Labute approximate surface area is 291 Å². The van der Waals surface area contributed by atoms with Gasteiger partial charge in [-0.15, -0.1) is 0 Å². The Kier molecular flexibility index (Phi) is 13.8. The summed E-state index contributed by atoms with van der Waals surface area (Å²) in [7, 11) is 0. The lowest BCUT2D eigenvalue weighted by Crippen LogP contribution is -2.46. The van der Waals surface area contributed by atoms with Crippen molar-refractivity contribution in [3.05, 3.63) is 61.4 Å². The van der Waals surface area contributed by atoms with Crippen molar-refractivity contribution >= 4 is 45.1 Å². The van der Waals surface area contributed by atoms with E-state index in [9.17, 15) is 29.8 Å². The van der Waals surface area contributed by atoms with E-state index in [-0.39, 0.29) is 42.0 Å². The van der Waals surface area contributed by atoms with Crippen molar-refractivity contribution in [1.29, 1.82) is 0 Å². The van der Waals surface area contributed by atoms with Crippen LogP contribution < -0.4 is 20.1 Å². The van der Waals surface area contributed by atoms with E-state index < -0.39 is 9.85 Å². The van der Waals surface area contributed by atoms with Crippen molar-refractivity contribution in [3.63, 3.8) is 0 Å². The number of nitro groups is 2. The van der Waals surface area contributed by atoms with Crippen LogP contribution in [0.25, 0.3) is 0 Å². The van der Waals surface area contributed by atoms with Crippen molar-refractivity contribution in [2.24, 2.45) is 0 Å². The van der Waals surface area contributed by atoms with Crippen LogP contribution in [0.15, 0.2) is 41.1 Å². The molecule has 2 aromatic heterocycles. The summed E-state index contributed by atoms with van der Waals surface area (Å²) in [6.07, 6.45) is 6.03. The molecule has 0 unspecified atom stereocenters. The molecule has 2 N–H and O–H groups in total. The van der Waals surface area contributed by atoms with Crippen LogP contribution in [0.4, 0.5) is 17.3 Å². The largest absolute Gasteiger partial charge is 0.444 e. The van der Waals surface area contributed by atoms with E-state index in [0.717, 1.165) is 23.0 Å². The molecular weight excluding hydrogens is 708 g/mol. The quantitative estimate of drug-likeness (QED) is 0.252. The molecule has 1 aliphatic carbocycles. The highest BCUT2D eigenvalue weighted by Crippen LogP contribution is 2.21. The SMILES string of the molecule is CC.O=C(CN1CCOc2nc([N+](=O)[O-])cn2CC1)NC1CCC1.O=C(CN1CCOc2nc([N+](=O)[O-])cn2CC1)Nc1cccc(Br)c1. The Morgan fingerprint density at radius 3 is 1.86 bits per heavy atom. The molecule has 2 aliphatic heterocycles. The number of carbonyl (C=O) groups is 2. The molecule has 3 aliphatic rings. The van der Waals surface area contributed by atoms with E-state index in [1.165, 1.54) is 18.8 Å². The molecule has 0 radical (unpaired) electrons. The van der Waals surface area contributed by atoms with Gasteiger partial charge < -0.3 is 40.3 Å². The molecule has 1 saturated carbocycles. The van der Waals surface area contributed by atoms with Crippen LogP contribution in [-0.4, -0.2) is 109 Å². The van der Waals surface area contributed by atoms with Crippen LogP contribution in [0.3, 0.4) is 0 Å². The third kappa shape index (κ3) is 11.2. The lowest BCUT2D eigenvalue weighted by Gasteiger charge is -2.29. The summed E-state index contributed by atoms with van der Waals surface area (Å²) < 4.78 is 15.0. The molecule has 3 aromatic rings. The van der Waals surface area contributed by atoms with Crippen LogP contribution >= 0.6 is 15.9 Å². The van der Waals surface area contributed by atoms with Gasteiger partial charge in [0, 0.05) is 65.4 Å². The summed E-state index contributed by atoms with van der Waals surface area (Å²) in [5, 5.41) is 27.4. The van der Waals surface area contributed by atoms with Crippen LogP contribution in [0.1, 0.15) is 33.1 Å². The van der Waals surface area contributed by atoms with Crippen LogP contribution in [-0.2, 0) is 22.7 Å². The number of anilines is 1. The number of hydrogen-bond donors (Lipinski definition) is 2. The number of amides is 2. The van der Waals surface area contributed by atoms with Gasteiger partial charge in [0.15, 0.2) is 0 Å². The number of aromatic nitrogens is 4. The fourth-order valence-electron chi connectivity index (χ4n) is 5.07. The number of nitrogens with one attached hydrogen (secondary N) is 2. The minimum atomic E-state index is -0.551. The van der Waals surface area contributed by atoms with Crippen molar-refractivity contribution < 1.29 is 28.9 Å². The molecule has 4 heterocycles. The minimum Gasteiger partial charge on any atom is -0.444 e. The van der Waals surface area contributed by atoms with Gasteiger partial charge in [0.2, 0.25) is 11.8 Å². The molecule has 0 spiro atoms. The van der Waals surface area contributed by atoms with E-state index in [1.807, 2.05) is 47.9 Å². The summed E-state index contributed by atoms with van der Waals surface area (Å²) in [5.41, 5.74) is 0.718. The topological polar surface area (TPSA) is 205 Å². The number of imidazole rings is 2. The molecule has 6 rings (SSSR count). The average molecular weight is 750 g/mol. The number of nitrogens with zero attached hydrogens (tertiary/aromatic N) is 8. The maximum Gasteiger partial charge on any atom is 0.414 e. The summed E-state index contributed by atoms with van der Waals surface area (Å²) in [6.45, 7) is 8.48. The first kappa shape index (κ1) is 37.2. The Balaban J connectivity index is 0.000000212. The maximum atomic E-state index is 12.2. The van der Waals surface area contributed by atoms with Gasteiger partial charge >= 0.3 is 23.7 Å². The van der Waals surface area contributed by atoms with E-state index in [0.29, 0.717) is 65.1 Å². The molecule has 2 amide bonds. The molecule has 1 aromatic carbocycles. The number of halogens is 1. The van der Waals surface area contributed by atoms with Gasteiger partial charge in [-0.05, 0) is 47.3 Å². The lowest BCUT2D eigenvalue weighted by atomic mass is 9.93. The standard InChI is InChI=1S/C15H16BrN5O4.C13H19N5O4.C2H6/c16-11-2-1-3-12(8-11)17-14(22)10-19-4-5-20-9-13(21(23)24)18-15(20)25-7-6-19;19-12(14-10-2-1-3-10)9-16-4-5-17-8-11(18(20)21)15-13(17)22-7-6-16;1-2/h1-3,8-9H,4-7,10H2,(H,17,22);8,10H,1-7,9H2,(H,14,19);1-2H3. The van der Waals surface area contributed by atoms with Crippen molar-refractivity contribution in [1.82, 2.24) is 34.2 Å². The van der Waals surface area contributed by atoms with Crippen molar-refractivity contribution in [3.8, 4) is 12.0 Å². The first-order chi connectivity index (χ1) is 23.6. The summed E-state index contributed by atoms with van der Waals surface area (Å²) in [5.74, 6) is -0.556. The fourth-order valence-corrected chi connectivity index (χ4v) is 5.47. The van der Waals surface area contributed by atoms with E-state index in [2.05, 4.69) is 36.5 Å². The third-order valence-electron chi connectivity index (χ3n) is 7.73. The van der Waals surface area contributed by atoms with Gasteiger partial charge in [0.25, 0.3) is 0 Å². The lowest BCUT2D eigenvalue weighted by molar-refractivity contribution is -0.389. The highest BCUT2D eigenvalue weighted by molar-refractivity contribution is 9.10. The molecule has 0 bridgehead atoms. The van der Waals surface area contributed by atoms with Gasteiger partial charge in [-0.3, -0.25) is 28.5 Å². The number of hydrogen-bond acceptors (Lipinski definition) is 12. The number of benzene rings is 1. The fraction of sp³-hybridized carbons (Fsp3) is 0.533. The highest BCUT2D eigenvalue weighted by Gasteiger charge is 2.26. The Bertz CT molecular complexity index is 1590. The summed E-state index contributed by atoms with van der Waals surface area (Å²) in [4.78, 5) is 56.2. The van der Waals surface area contributed by atoms with Gasteiger partial charge in [0.1, 0.15) is 25.6 Å². The second kappa shape index (κ2) is 18.2. The molecule has 266 valence electrons.